The van der Waals surface area contributed by atoms with E-state index in [4.69, 9.17) is 4.74 Å². The molecule has 1 saturated heterocycles. The number of aromatic amines is 1. The van der Waals surface area contributed by atoms with Crippen LogP contribution in [0.1, 0.15) is 36.6 Å². The van der Waals surface area contributed by atoms with E-state index in [0.29, 0.717) is 18.4 Å². The molecule has 2 aliphatic heterocycles. The molecular formula is C21H26N2O3. The van der Waals surface area contributed by atoms with Gasteiger partial charge in [0.1, 0.15) is 0 Å². The summed E-state index contributed by atoms with van der Waals surface area (Å²) in [6.07, 6.45) is 3.14. The Kier molecular flexibility index (Phi) is 3.83. The molecule has 2 fully saturated rings. The van der Waals surface area contributed by atoms with Crippen molar-refractivity contribution in [1.82, 2.24) is 9.88 Å². The molecule has 5 nitrogen and oxygen atoms in total. The van der Waals surface area contributed by atoms with Gasteiger partial charge in [0.2, 0.25) is 0 Å². The number of H-pyrrole nitrogens is 1. The number of ether oxygens (including phenoxy) is 1. The highest BCUT2D eigenvalue weighted by Crippen LogP contribution is 2.49. The molecule has 5 rings (SSSR count). The molecule has 0 spiro atoms. The lowest BCUT2D eigenvalue weighted by atomic mass is 9.65. The number of carbonyl (C=O) groups excluding carboxylic acids is 1. The number of carbonyl (C=O) groups is 1. The van der Waals surface area contributed by atoms with Gasteiger partial charge in [0.15, 0.2) is 0 Å². The smallest absolute Gasteiger partial charge is 0.311 e. The third-order valence-electron chi connectivity index (χ3n) is 7.02. The van der Waals surface area contributed by atoms with Crippen molar-refractivity contribution in [2.24, 2.45) is 17.8 Å². The van der Waals surface area contributed by atoms with Gasteiger partial charge >= 0.3 is 5.97 Å². The Morgan fingerprint density at radius 3 is 3.00 bits per heavy atom. The van der Waals surface area contributed by atoms with Crippen LogP contribution in [0.25, 0.3) is 10.9 Å². The molecule has 138 valence electrons. The average molecular weight is 354 g/mol. The summed E-state index contributed by atoms with van der Waals surface area (Å²) in [7, 11) is 1.43. The molecule has 1 aromatic carbocycles. The van der Waals surface area contributed by atoms with Gasteiger partial charge in [-0.15, -0.1) is 0 Å². The van der Waals surface area contributed by atoms with E-state index in [1.807, 2.05) is 0 Å². The summed E-state index contributed by atoms with van der Waals surface area (Å²) in [5, 5.41) is 11.8. The molecule has 0 radical (unpaired) electrons. The van der Waals surface area contributed by atoms with E-state index in [9.17, 15) is 9.90 Å². The van der Waals surface area contributed by atoms with Crippen molar-refractivity contribution in [1.29, 1.82) is 0 Å². The van der Waals surface area contributed by atoms with Gasteiger partial charge in [-0.1, -0.05) is 18.2 Å². The van der Waals surface area contributed by atoms with Crippen LogP contribution in [-0.4, -0.2) is 47.3 Å². The summed E-state index contributed by atoms with van der Waals surface area (Å²) < 4.78 is 5.04. The minimum absolute atomic E-state index is 0.199. The fraction of sp³-hybridized carbons (Fsp3) is 0.571. The molecule has 5 heteroatoms. The van der Waals surface area contributed by atoms with E-state index >= 15 is 0 Å². The van der Waals surface area contributed by atoms with Gasteiger partial charge in [-0.3, -0.25) is 9.69 Å². The molecule has 0 unspecified atom stereocenters. The molecule has 2 aromatic rings. The first-order valence-corrected chi connectivity index (χ1v) is 9.76. The maximum Gasteiger partial charge on any atom is 0.311 e. The lowest BCUT2D eigenvalue weighted by molar-refractivity contribution is -0.160. The number of aliphatic hydroxyl groups is 1. The van der Waals surface area contributed by atoms with Gasteiger partial charge < -0.3 is 14.8 Å². The fourth-order valence-electron chi connectivity index (χ4n) is 5.80. The summed E-state index contributed by atoms with van der Waals surface area (Å²) in [5.41, 5.74) is 3.96. The van der Waals surface area contributed by atoms with Crippen molar-refractivity contribution in [3.05, 3.63) is 35.5 Å². The van der Waals surface area contributed by atoms with Crippen LogP contribution in [0, 0.1) is 17.8 Å². The monoisotopic (exact) mass is 354 g/mol. The van der Waals surface area contributed by atoms with Crippen LogP contribution in [0.5, 0.6) is 0 Å². The Hall–Kier alpha value is -1.85. The van der Waals surface area contributed by atoms with Crippen molar-refractivity contribution in [2.45, 2.75) is 37.8 Å². The van der Waals surface area contributed by atoms with Crippen LogP contribution >= 0.6 is 0 Å². The number of piperidine rings is 1. The Bertz CT molecular complexity index is 845. The first-order chi connectivity index (χ1) is 12.7. The number of para-hydroxylation sites is 1. The largest absolute Gasteiger partial charge is 0.469 e. The highest BCUT2D eigenvalue weighted by molar-refractivity contribution is 5.85. The van der Waals surface area contributed by atoms with Crippen LogP contribution in [-0.2, 0) is 16.0 Å². The first-order valence-electron chi connectivity index (χ1n) is 9.76. The number of methoxy groups -OCH3 is 1. The second-order valence-electron chi connectivity index (χ2n) is 8.18. The number of aliphatic hydroxyl groups excluding tert-OH is 1. The molecular weight excluding hydrogens is 328 g/mol. The summed E-state index contributed by atoms with van der Waals surface area (Å²) in [4.78, 5) is 18.6. The molecule has 1 aliphatic carbocycles. The fourth-order valence-corrected chi connectivity index (χ4v) is 5.80. The third-order valence-corrected chi connectivity index (χ3v) is 7.02. The number of hydrogen-bond acceptors (Lipinski definition) is 4. The molecule has 0 amide bonds. The van der Waals surface area contributed by atoms with E-state index < -0.39 is 6.10 Å². The Balaban J connectivity index is 1.52. The molecule has 1 aromatic heterocycles. The molecule has 5 atom stereocenters. The maximum absolute atomic E-state index is 12.4. The molecule has 3 aliphatic rings. The van der Waals surface area contributed by atoms with Crippen LogP contribution in [0.2, 0.25) is 0 Å². The standard InChI is InChI=1S/C21H26N2O3/c1-26-21(25)19-15-10-17-20-14(13-4-2-3-5-16(13)22-20)8-9-23(17)11-12(15)6-7-18(19)24/h2-5,12,15,17-19,22,24H,6-11H2,1H3/t12-,15+,17+,18+,19-/m0/s1. The number of benzene rings is 1. The quantitative estimate of drug-likeness (QED) is 0.773. The van der Waals surface area contributed by atoms with Crippen LogP contribution in [0.4, 0.5) is 0 Å². The zero-order valence-electron chi connectivity index (χ0n) is 15.1. The second-order valence-corrected chi connectivity index (χ2v) is 8.18. The number of aromatic nitrogens is 1. The molecule has 26 heavy (non-hydrogen) atoms. The topological polar surface area (TPSA) is 65.6 Å². The highest BCUT2D eigenvalue weighted by Gasteiger charge is 2.49. The predicted octanol–water partition coefficient (Wildman–Crippen LogP) is 2.65. The highest BCUT2D eigenvalue weighted by atomic mass is 16.5. The molecule has 3 heterocycles. The lowest BCUT2D eigenvalue weighted by Gasteiger charge is -2.50. The predicted molar refractivity (Wildman–Crippen MR) is 98.7 cm³/mol. The minimum atomic E-state index is -0.568. The van der Waals surface area contributed by atoms with E-state index in [1.165, 1.54) is 29.3 Å². The van der Waals surface area contributed by atoms with Gasteiger partial charge in [0, 0.05) is 29.7 Å². The number of hydrogen-bond donors (Lipinski definition) is 2. The summed E-state index contributed by atoms with van der Waals surface area (Å²) in [6, 6.07) is 8.83. The van der Waals surface area contributed by atoms with Gasteiger partial charge in [0.05, 0.1) is 25.2 Å². The first kappa shape index (κ1) is 16.3. The lowest BCUT2D eigenvalue weighted by Crippen LogP contribution is -2.53. The Labute approximate surface area is 153 Å². The van der Waals surface area contributed by atoms with Crippen molar-refractivity contribution >= 4 is 16.9 Å². The van der Waals surface area contributed by atoms with Crippen LogP contribution in [0.15, 0.2) is 24.3 Å². The van der Waals surface area contributed by atoms with Crippen molar-refractivity contribution < 1.29 is 14.6 Å². The average Bonchev–Trinajstić information content (AvgIpc) is 3.05. The number of fused-ring (bicyclic) bond motifs is 6. The van der Waals surface area contributed by atoms with E-state index in [2.05, 4.69) is 34.1 Å². The SMILES string of the molecule is COC(=O)[C@H]1[C@@H]2C[C@@H]3c4[nH]c5ccccc5c4CCN3C[C@@H]2CC[C@H]1O. The van der Waals surface area contributed by atoms with Crippen LogP contribution < -0.4 is 0 Å². The zero-order valence-corrected chi connectivity index (χ0v) is 15.1. The minimum Gasteiger partial charge on any atom is -0.469 e. The van der Waals surface area contributed by atoms with Gasteiger partial charge in [-0.25, -0.2) is 0 Å². The third kappa shape index (κ3) is 2.33. The molecule has 1 saturated carbocycles. The summed E-state index contributed by atoms with van der Waals surface area (Å²) >= 11 is 0. The number of rotatable bonds is 1. The van der Waals surface area contributed by atoms with Gasteiger partial charge in [0.25, 0.3) is 0 Å². The van der Waals surface area contributed by atoms with Crippen molar-refractivity contribution in [3.8, 4) is 0 Å². The van der Waals surface area contributed by atoms with Crippen LogP contribution in [0.3, 0.4) is 0 Å². The molecule has 0 bridgehead atoms. The summed E-state index contributed by atoms with van der Waals surface area (Å²) in [5.74, 6) is 0.0541. The number of esters is 1. The van der Waals surface area contributed by atoms with E-state index in [-0.39, 0.29) is 17.8 Å². The normalized spacial score (nSPS) is 34.0. The van der Waals surface area contributed by atoms with Crippen molar-refractivity contribution in [3.63, 3.8) is 0 Å². The van der Waals surface area contributed by atoms with E-state index in [0.717, 1.165) is 32.4 Å². The summed E-state index contributed by atoms with van der Waals surface area (Å²) in [6.45, 7) is 2.10. The van der Waals surface area contributed by atoms with E-state index in [1.54, 1.807) is 0 Å². The Morgan fingerprint density at radius 2 is 2.15 bits per heavy atom. The zero-order chi connectivity index (χ0) is 17.8. The van der Waals surface area contributed by atoms with Gasteiger partial charge in [-0.05, 0) is 49.1 Å². The molecule has 2 N–H and O–H groups in total. The van der Waals surface area contributed by atoms with Gasteiger partial charge in [-0.2, -0.15) is 0 Å². The second kappa shape index (κ2) is 6.10. The van der Waals surface area contributed by atoms with Crippen molar-refractivity contribution in [2.75, 3.05) is 20.2 Å². The Morgan fingerprint density at radius 1 is 1.31 bits per heavy atom. The number of nitrogens with one attached hydrogen (secondary N) is 1. The maximum atomic E-state index is 12.4. The number of nitrogens with zero attached hydrogens (tertiary/aromatic N) is 1.